The summed E-state index contributed by atoms with van der Waals surface area (Å²) in [4.78, 5) is 14.4. The number of ketones is 1. The molecule has 1 saturated heterocycles. The van der Waals surface area contributed by atoms with Crippen LogP contribution in [0.3, 0.4) is 0 Å². The van der Waals surface area contributed by atoms with Crippen LogP contribution in [0.2, 0.25) is 0 Å². The fraction of sp³-hybridized carbons (Fsp3) is 0.526. The largest absolute Gasteiger partial charge is 0.303 e. The zero-order valence-electron chi connectivity index (χ0n) is 13.6. The Morgan fingerprint density at radius 3 is 2.33 bits per heavy atom. The Hall–Kier alpha value is -1.41. The molecule has 1 heterocycles. The summed E-state index contributed by atoms with van der Waals surface area (Å²) in [6.45, 7) is 9.56. The van der Waals surface area contributed by atoms with Gasteiger partial charge in [-0.2, -0.15) is 0 Å². The van der Waals surface area contributed by atoms with Crippen LogP contribution < -0.4 is 0 Å². The van der Waals surface area contributed by atoms with E-state index in [0.29, 0.717) is 6.42 Å². The molecule has 1 fully saturated rings. The quantitative estimate of drug-likeness (QED) is 0.760. The van der Waals surface area contributed by atoms with Gasteiger partial charge >= 0.3 is 0 Å². The van der Waals surface area contributed by atoms with Gasteiger partial charge in [0, 0.05) is 13.0 Å². The second-order valence-electron chi connectivity index (χ2n) is 6.26. The van der Waals surface area contributed by atoms with Crippen molar-refractivity contribution in [2.45, 2.75) is 46.5 Å². The molecule has 1 aromatic carbocycles. The van der Waals surface area contributed by atoms with E-state index in [-0.39, 0.29) is 5.78 Å². The van der Waals surface area contributed by atoms with Crippen molar-refractivity contribution >= 4 is 11.9 Å². The number of carbonyl (C=O) groups is 1. The van der Waals surface area contributed by atoms with E-state index in [2.05, 4.69) is 37.8 Å². The number of carbonyl (C=O) groups excluding carboxylic acids is 1. The summed E-state index contributed by atoms with van der Waals surface area (Å²) in [7, 11) is 0. The number of allylic oxidation sites excluding steroid dienone is 1. The van der Waals surface area contributed by atoms with Crippen LogP contribution >= 0.6 is 0 Å². The van der Waals surface area contributed by atoms with Crippen molar-refractivity contribution in [2.24, 2.45) is 0 Å². The van der Waals surface area contributed by atoms with Gasteiger partial charge in [-0.3, -0.25) is 4.79 Å². The molecule has 114 valence electrons. The number of benzene rings is 1. The minimum absolute atomic E-state index is 0.236. The van der Waals surface area contributed by atoms with Crippen molar-refractivity contribution < 1.29 is 4.79 Å². The molecule has 0 atom stereocenters. The number of aryl methyl sites for hydroxylation is 3. The zero-order valence-corrected chi connectivity index (χ0v) is 13.6. The molecule has 0 spiro atoms. The number of rotatable bonds is 5. The fourth-order valence-electron chi connectivity index (χ4n) is 3.17. The van der Waals surface area contributed by atoms with E-state index in [1.54, 1.807) is 6.08 Å². The first kappa shape index (κ1) is 16.0. The Kier molecular flexibility index (Phi) is 5.75. The van der Waals surface area contributed by atoms with Crippen LogP contribution in [0.5, 0.6) is 0 Å². The maximum Gasteiger partial charge on any atom is 0.156 e. The summed E-state index contributed by atoms with van der Waals surface area (Å²) in [6.07, 6.45) is 8.30. The zero-order chi connectivity index (χ0) is 15.2. The minimum atomic E-state index is 0.236. The van der Waals surface area contributed by atoms with Crippen molar-refractivity contribution in [3.05, 3.63) is 40.5 Å². The molecule has 0 aliphatic carbocycles. The maximum atomic E-state index is 12.0. The summed E-state index contributed by atoms with van der Waals surface area (Å²) < 4.78 is 0. The maximum absolute atomic E-state index is 12.0. The Morgan fingerprint density at radius 1 is 1.10 bits per heavy atom. The SMILES string of the molecule is Cc1cc(C)c(/C=C/C(=O)CCN2CCCCC2)c(C)c1. The Labute approximate surface area is 128 Å². The summed E-state index contributed by atoms with van der Waals surface area (Å²) in [5.41, 5.74) is 4.95. The molecule has 1 aliphatic rings. The van der Waals surface area contributed by atoms with E-state index >= 15 is 0 Å². The van der Waals surface area contributed by atoms with Gasteiger partial charge in [0.05, 0.1) is 0 Å². The highest BCUT2D eigenvalue weighted by Gasteiger charge is 2.10. The standard InChI is InChI=1S/C19H27NO/c1-15-13-16(2)19(17(3)14-15)8-7-18(21)9-12-20-10-5-4-6-11-20/h7-8,13-14H,4-6,9-12H2,1-3H3/b8-7+. The third kappa shape index (κ3) is 4.82. The molecule has 0 aromatic heterocycles. The molecule has 2 nitrogen and oxygen atoms in total. The Bertz CT molecular complexity index is 501. The molecule has 0 saturated carbocycles. The molecule has 0 radical (unpaired) electrons. The topological polar surface area (TPSA) is 20.3 Å². The van der Waals surface area contributed by atoms with Gasteiger partial charge in [-0.05, 0) is 69.5 Å². The van der Waals surface area contributed by atoms with E-state index in [1.807, 2.05) is 6.08 Å². The normalized spacial score (nSPS) is 16.5. The third-order valence-corrected chi connectivity index (χ3v) is 4.30. The number of piperidine rings is 1. The lowest BCUT2D eigenvalue weighted by molar-refractivity contribution is -0.114. The molecule has 0 bridgehead atoms. The molecule has 2 rings (SSSR count). The van der Waals surface area contributed by atoms with E-state index in [4.69, 9.17) is 0 Å². The molecule has 21 heavy (non-hydrogen) atoms. The fourth-order valence-corrected chi connectivity index (χ4v) is 3.17. The average Bonchev–Trinajstić information content (AvgIpc) is 2.45. The summed E-state index contributed by atoms with van der Waals surface area (Å²) in [5, 5.41) is 0. The molecular formula is C19H27NO. The van der Waals surface area contributed by atoms with Crippen LogP contribution in [0.1, 0.15) is 47.9 Å². The van der Waals surface area contributed by atoms with Crippen LogP contribution in [0.25, 0.3) is 6.08 Å². The summed E-state index contributed by atoms with van der Waals surface area (Å²) in [5.74, 6) is 0.236. The molecule has 0 N–H and O–H groups in total. The highest BCUT2D eigenvalue weighted by molar-refractivity contribution is 5.94. The Morgan fingerprint density at radius 2 is 1.71 bits per heavy atom. The van der Waals surface area contributed by atoms with Crippen molar-refractivity contribution in [1.29, 1.82) is 0 Å². The lowest BCUT2D eigenvalue weighted by Crippen LogP contribution is -2.31. The first-order chi connectivity index (χ1) is 10.1. The third-order valence-electron chi connectivity index (χ3n) is 4.30. The lowest BCUT2D eigenvalue weighted by Gasteiger charge is -2.25. The van der Waals surface area contributed by atoms with Gasteiger partial charge in [-0.15, -0.1) is 0 Å². The van der Waals surface area contributed by atoms with E-state index in [9.17, 15) is 4.79 Å². The van der Waals surface area contributed by atoms with Crippen LogP contribution in [0, 0.1) is 20.8 Å². The predicted octanol–water partition coefficient (Wildman–Crippen LogP) is 4.07. The van der Waals surface area contributed by atoms with Crippen LogP contribution in [-0.2, 0) is 4.79 Å². The number of likely N-dealkylation sites (tertiary alicyclic amines) is 1. The average molecular weight is 285 g/mol. The highest BCUT2D eigenvalue weighted by atomic mass is 16.1. The second-order valence-corrected chi connectivity index (χ2v) is 6.26. The number of hydrogen-bond donors (Lipinski definition) is 0. The van der Waals surface area contributed by atoms with Gasteiger partial charge in [-0.25, -0.2) is 0 Å². The molecule has 0 amide bonds. The number of hydrogen-bond acceptors (Lipinski definition) is 2. The Balaban J connectivity index is 1.90. The first-order valence-corrected chi connectivity index (χ1v) is 8.07. The van der Waals surface area contributed by atoms with Crippen molar-refractivity contribution in [3.63, 3.8) is 0 Å². The minimum Gasteiger partial charge on any atom is -0.303 e. The molecule has 0 unspecified atom stereocenters. The van der Waals surface area contributed by atoms with Gasteiger partial charge in [0.25, 0.3) is 0 Å². The molecular weight excluding hydrogens is 258 g/mol. The van der Waals surface area contributed by atoms with Crippen molar-refractivity contribution in [1.82, 2.24) is 4.90 Å². The second kappa shape index (κ2) is 7.56. The predicted molar refractivity (Wildman–Crippen MR) is 89.6 cm³/mol. The van der Waals surface area contributed by atoms with Crippen LogP contribution in [0.15, 0.2) is 18.2 Å². The van der Waals surface area contributed by atoms with E-state index in [0.717, 1.165) is 19.6 Å². The van der Waals surface area contributed by atoms with Crippen molar-refractivity contribution in [2.75, 3.05) is 19.6 Å². The van der Waals surface area contributed by atoms with E-state index < -0.39 is 0 Å². The van der Waals surface area contributed by atoms with Crippen molar-refractivity contribution in [3.8, 4) is 0 Å². The summed E-state index contributed by atoms with van der Waals surface area (Å²) in [6, 6.07) is 4.34. The van der Waals surface area contributed by atoms with Gasteiger partial charge in [0.1, 0.15) is 0 Å². The highest BCUT2D eigenvalue weighted by Crippen LogP contribution is 2.18. The number of nitrogens with zero attached hydrogens (tertiary/aromatic N) is 1. The smallest absolute Gasteiger partial charge is 0.156 e. The van der Waals surface area contributed by atoms with Crippen LogP contribution in [0.4, 0.5) is 0 Å². The van der Waals surface area contributed by atoms with Gasteiger partial charge in [0.15, 0.2) is 5.78 Å². The molecule has 1 aliphatic heterocycles. The van der Waals surface area contributed by atoms with Gasteiger partial charge in [-0.1, -0.05) is 30.2 Å². The molecule has 1 aromatic rings. The molecule has 2 heteroatoms. The van der Waals surface area contributed by atoms with E-state index in [1.165, 1.54) is 41.5 Å². The monoisotopic (exact) mass is 285 g/mol. The van der Waals surface area contributed by atoms with Gasteiger partial charge < -0.3 is 4.90 Å². The lowest BCUT2D eigenvalue weighted by atomic mass is 9.99. The summed E-state index contributed by atoms with van der Waals surface area (Å²) >= 11 is 0. The van der Waals surface area contributed by atoms with Crippen LogP contribution in [-0.4, -0.2) is 30.3 Å². The first-order valence-electron chi connectivity index (χ1n) is 8.07. The van der Waals surface area contributed by atoms with Gasteiger partial charge in [0.2, 0.25) is 0 Å².